The highest BCUT2D eigenvalue weighted by Crippen LogP contribution is 2.32. The van der Waals surface area contributed by atoms with E-state index in [0.29, 0.717) is 11.6 Å². The molecule has 4 rings (SSSR count). The summed E-state index contributed by atoms with van der Waals surface area (Å²) in [6.45, 7) is -0.219. The summed E-state index contributed by atoms with van der Waals surface area (Å²) >= 11 is 0. The van der Waals surface area contributed by atoms with E-state index in [9.17, 15) is 19.8 Å². The molecule has 0 spiro atoms. The van der Waals surface area contributed by atoms with Crippen LogP contribution in [0.1, 0.15) is 61.9 Å². The molecule has 0 radical (unpaired) electrons. The summed E-state index contributed by atoms with van der Waals surface area (Å²) in [6.07, 6.45) is 4.50. The van der Waals surface area contributed by atoms with Crippen LogP contribution in [0.15, 0.2) is 40.2 Å². The molecule has 1 aliphatic heterocycles. The van der Waals surface area contributed by atoms with Crippen LogP contribution < -0.4 is 11.2 Å². The van der Waals surface area contributed by atoms with E-state index < -0.39 is 44.5 Å². The first-order valence-electron chi connectivity index (χ1n) is 11.8. The van der Waals surface area contributed by atoms with Gasteiger partial charge in [0.2, 0.25) is 0 Å². The third kappa shape index (κ3) is 9.31. The van der Waals surface area contributed by atoms with Gasteiger partial charge in [-0.25, -0.2) is 9.36 Å². The number of hydrogen-bond acceptors (Lipinski definition) is 10. The maximum absolute atomic E-state index is 13.1. The number of aromatic nitrogens is 3. The van der Waals surface area contributed by atoms with Crippen molar-refractivity contribution in [1.29, 1.82) is 0 Å². The largest absolute Gasteiger partial charge is 0.396 e. The molecule has 2 aromatic heterocycles. The van der Waals surface area contributed by atoms with Crippen molar-refractivity contribution >= 4 is 27.6 Å². The molecular formula is C22H36N3O10P3. The summed E-state index contributed by atoms with van der Waals surface area (Å²) in [6, 6.07) is 5.19. The first-order valence-corrected chi connectivity index (χ1v) is 13.6. The maximum Gasteiger partial charge on any atom is 0.333 e. The molecule has 16 heteroatoms. The number of ether oxygens (including phenoxy) is 1. The average Bonchev–Trinajstić information content (AvgIpc) is 3.23. The van der Waals surface area contributed by atoms with Gasteiger partial charge in [0.15, 0.2) is 6.23 Å². The van der Waals surface area contributed by atoms with E-state index >= 15 is 0 Å². The van der Waals surface area contributed by atoms with E-state index in [4.69, 9.17) is 29.1 Å². The minimum Gasteiger partial charge on any atom is -0.396 e. The van der Waals surface area contributed by atoms with Crippen molar-refractivity contribution in [3.63, 3.8) is 0 Å². The highest BCUT2D eigenvalue weighted by atomic mass is 31.1. The normalized spacial score (nSPS) is 22.8. The Labute approximate surface area is 226 Å². The van der Waals surface area contributed by atoms with Gasteiger partial charge in [0.1, 0.15) is 12.2 Å². The number of pyridine rings is 1. The predicted octanol–water partition coefficient (Wildman–Crippen LogP) is 0.226. The fraction of sp³-hybridized carbons (Fsp3) is 0.591. The molecule has 2 aliphatic rings. The van der Waals surface area contributed by atoms with Crippen molar-refractivity contribution in [1.82, 2.24) is 14.1 Å². The molecular weight excluding hydrogens is 559 g/mol. The molecule has 0 aromatic carbocycles. The van der Waals surface area contributed by atoms with Crippen molar-refractivity contribution in [3.05, 3.63) is 62.7 Å². The van der Waals surface area contributed by atoms with Crippen LogP contribution in [0, 0.1) is 0 Å². The fourth-order valence-corrected chi connectivity index (χ4v) is 4.63. The van der Waals surface area contributed by atoms with Gasteiger partial charge < -0.3 is 34.7 Å². The van der Waals surface area contributed by atoms with Gasteiger partial charge in [0.25, 0.3) is 5.56 Å². The van der Waals surface area contributed by atoms with Gasteiger partial charge in [-0.1, -0.05) is 19.3 Å². The van der Waals surface area contributed by atoms with Crippen LogP contribution in [-0.2, 0) is 15.8 Å². The second kappa shape index (κ2) is 18.7. The standard InChI is InChI=1S/C22H29N3O6.HO2P.2H3OP/c26-11-8-17-19(28)20(29)21(31-17)24-10-7-18(27)25(22(24)30)13-16-12-15(6-9-23-16)14-4-2-1-3-5-14;1-3-2;2*1-2/h6-7,9-10,12,14,17,19-21,26,28-29H,1-5,8,11,13H2;(H,1,2);2*1H,2H2. The molecule has 3 heterocycles. The number of aliphatic hydroxyl groups excluding tert-OH is 3. The van der Waals surface area contributed by atoms with Crippen molar-refractivity contribution in [2.45, 2.75) is 75.5 Å². The lowest BCUT2D eigenvalue weighted by Crippen LogP contribution is -2.43. The maximum atomic E-state index is 13.1. The molecule has 38 heavy (non-hydrogen) atoms. The quantitative estimate of drug-likeness (QED) is 0.249. The summed E-state index contributed by atoms with van der Waals surface area (Å²) in [4.78, 5) is 50.7. The SMILES string of the molecule is O=PO.O=c1ccn(C2OC(CCO)C(O)C2O)c(=O)n1Cc1cc(C2CCCCC2)ccn1.OP.OP. The number of aliphatic hydroxyl groups is 3. The van der Waals surface area contributed by atoms with Crippen LogP contribution in [-0.4, -0.2) is 69.0 Å². The summed E-state index contributed by atoms with van der Waals surface area (Å²) in [5.41, 5.74) is 0.661. The highest BCUT2D eigenvalue weighted by Gasteiger charge is 2.43. The van der Waals surface area contributed by atoms with Gasteiger partial charge >= 0.3 is 14.4 Å². The Morgan fingerprint density at radius 1 is 1.05 bits per heavy atom. The molecule has 214 valence electrons. The van der Waals surface area contributed by atoms with Crippen LogP contribution in [0.3, 0.4) is 0 Å². The average molecular weight is 595 g/mol. The molecule has 0 amide bonds. The zero-order chi connectivity index (χ0) is 28.7. The highest BCUT2D eigenvalue weighted by molar-refractivity contribution is 7.16. The van der Waals surface area contributed by atoms with E-state index in [-0.39, 0.29) is 19.6 Å². The number of hydrogen-bond donors (Lipinski definition) is 6. The van der Waals surface area contributed by atoms with Crippen LogP contribution in [0.2, 0.25) is 0 Å². The fourth-order valence-electron chi connectivity index (χ4n) is 4.63. The molecule has 6 N–H and O–H groups in total. The van der Waals surface area contributed by atoms with Gasteiger partial charge in [-0.2, -0.15) is 0 Å². The Balaban J connectivity index is 0.000000944. The van der Waals surface area contributed by atoms with Gasteiger partial charge in [-0.15, -0.1) is 0 Å². The van der Waals surface area contributed by atoms with E-state index in [1.165, 1.54) is 56.0 Å². The van der Waals surface area contributed by atoms with Crippen LogP contribution >= 0.6 is 27.6 Å². The molecule has 1 saturated heterocycles. The Bertz CT molecular complexity index is 1080. The second-order valence-corrected chi connectivity index (χ2v) is 8.65. The lowest BCUT2D eigenvalue weighted by Gasteiger charge is -2.22. The van der Waals surface area contributed by atoms with Gasteiger partial charge in [0.05, 0.1) is 18.3 Å². The molecule has 13 nitrogen and oxygen atoms in total. The Morgan fingerprint density at radius 2 is 1.68 bits per heavy atom. The first-order chi connectivity index (χ1) is 18.4. The van der Waals surface area contributed by atoms with E-state index in [0.717, 1.165) is 22.0 Å². The third-order valence-electron chi connectivity index (χ3n) is 6.36. The smallest absolute Gasteiger partial charge is 0.333 e. The first kappa shape index (κ1) is 34.5. The van der Waals surface area contributed by atoms with Crippen molar-refractivity contribution in [3.8, 4) is 0 Å². The summed E-state index contributed by atoms with van der Waals surface area (Å²) in [5, 5.41) is 29.6. The van der Waals surface area contributed by atoms with Crippen molar-refractivity contribution < 1.29 is 39.3 Å². The summed E-state index contributed by atoms with van der Waals surface area (Å²) in [5.74, 6) is 0.478. The third-order valence-corrected chi connectivity index (χ3v) is 6.36. The predicted molar refractivity (Wildman–Crippen MR) is 145 cm³/mol. The van der Waals surface area contributed by atoms with Crippen molar-refractivity contribution in [2.24, 2.45) is 0 Å². The minimum absolute atomic E-state index is 0.00447. The molecule has 2 fully saturated rings. The minimum atomic E-state index is -1.35. The molecule has 6 unspecified atom stereocenters. The Kier molecular flexibility index (Phi) is 17.0. The lowest BCUT2D eigenvalue weighted by atomic mass is 9.84. The van der Waals surface area contributed by atoms with Crippen LogP contribution in [0.25, 0.3) is 0 Å². The Morgan fingerprint density at radius 3 is 2.29 bits per heavy atom. The molecule has 2 aromatic rings. The molecule has 1 aliphatic carbocycles. The second-order valence-electron chi connectivity index (χ2n) is 8.49. The van der Waals surface area contributed by atoms with E-state index in [2.05, 4.69) is 4.98 Å². The van der Waals surface area contributed by atoms with Gasteiger partial charge in [-0.05, 0) is 61.8 Å². The van der Waals surface area contributed by atoms with Gasteiger partial charge in [0, 0.05) is 25.1 Å². The number of rotatable bonds is 6. The zero-order valence-corrected chi connectivity index (χ0v) is 23.9. The van der Waals surface area contributed by atoms with Crippen LogP contribution in [0.5, 0.6) is 0 Å². The van der Waals surface area contributed by atoms with Crippen LogP contribution in [0.4, 0.5) is 0 Å². The summed E-state index contributed by atoms with van der Waals surface area (Å²) in [7, 11) is 2.00. The molecule has 6 atom stereocenters. The summed E-state index contributed by atoms with van der Waals surface area (Å²) < 4.78 is 16.2. The zero-order valence-electron chi connectivity index (χ0n) is 20.7. The van der Waals surface area contributed by atoms with E-state index in [1.807, 2.05) is 12.1 Å². The monoisotopic (exact) mass is 595 g/mol. The lowest BCUT2D eigenvalue weighted by molar-refractivity contribution is -0.0458. The van der Waals surface area contributed by atoms with Gasteiger partial charge in [-0.3, -0.25) is 18.9 Å². The topological polar surface area (TPSA) is 205 Å². The number of nitrogens with zero attached hydrogens (tertiary/aromatic N) is 3. The molecule has 1 saturated carbocycles. The molecule has 0 bridgehead atoms. The van der Waals surface area contributed by atoms with E-state index in [1.54, 1.807) is 6.20 Å². The van der Waals surface area contributed by atoms with Crippen molar-refractivity contribution in [2.75, 3.05) is 6.61 Å². The Hall–Kier alpha value is -1.49.